The lowest BCUT2D eigenvalue weighted by atomic mass is 10.5. The quantitative estimate of drug-likeness (QED) is 0.661. The number of rotatable bonds is 3. The van der Waals surface area contributed by atoms with E-state index in [9.17, 15) is 0 Å². The fraction of sp³-hybridized carbons (Fsp3) is 0.500. The van der Waals surface area contributed by atoms with E-state index >= 15 is 0 Å². The second kappa shape index (κ2) is 3.78. The van der Waals surface area contributed by atoms with E-state index in [1.807, 2.05) is 13.0 Å². The van der Waals surface area contributed by atoms with Crippen molar-refractivity contribution in [2.24, 2.45) is 0 Å². The molecule has 0 aliphatic carbocycles. The van der Waals surface area contributed by atoms with Crippen molar-refractivity contribution in [2.45, 2.75) is 12.8 Å². The highest BCUT2D eigenvalue weighted by molar-refractivity contribution is 7.06. The van der Waals surface area contributed by atoms with Gasteiger partial charge in [-0.3, -0.25) is 0 Å². The van der Waals surface area contributed by atoms with E-state index in [-0.39, 0.29) is 0 Å². The second-order valence-corrected chi connectivity index (χ2v) is 2.85. The molecule has 0 saturated carbocycles. The molecular weight excluding hydrogens is 170 g/mol. The first-order chi connectivity index (χ1) is 4.86. The van der Waals surface area contributed by atoms with E-state index < -0.39 is 0 Å². The summed E-state index contributed by atoms with van der Waals surface area (Å²) in [5.41, 5.74) is 0. The zero-order valence-corrected chi connectivity index (χ0v) is 7.21. The fourth-order valence-corrected chi connectivity index (χ4v) is 1.31. The molecule has 0 fully saturated rings. The molecule has 0 aliphatic rings. The highest BCUT2D eigenvalue weighted by Gasteiger charge is 1.98. The first kappa shape index (κ1) is 7.82. The summed E-state index contributed by atoms with van der Waals surface area (Å²) in [6.07, 6.45) is 0. The van der Waals surface area contributed by atoms with Crippen LogP contribution in [0.15, 0.2) is 6.07 Å². The Morgan fingerprint density at radius 2 is 2.60 bits per heavy atom. The number of aromatic nitrogens is 1. The summed E-state index contributed by atoms with van der Waals surface area (Å²) in [6.45, 7) is 2.59. The maximum absolute atomic E-state index is 5.56. The smallest absolute Gasteiger partial charge is 0.225 e. The molecule has 0 unspecified atom stereocenters. The Labute approximate surface area is 68.9 Å². The van der Waals surface area contributed by atoms with Crippen molar-refractivity contribution in [2.75, 3.05) is 6.61 Å². The minimum Gasteiger partial charge on any atom is -0.477 e. The largest absolute Gasteiger partial charge is 0.477 e. The monoisotopic (exact) mass is 177 g/mol. The first-order valence-electron chi connectivity index (χ1n) is 3.01. The average molecular weight is 178 g/mol. The standard InChI is InChI=1S/C6H8ClNOS/c1-2-9-6-3-5(4-7)10-8-6/h3H,2,4H2,1H3. The topological polar surface area (TPSA) is 22.1 Å². The van der Waals surface area contributed by atoms with E-state index in [0.29, 0.717) is 18.4 Å². The van der Waals surface area contributed by atoms with Gasteiger partial charge in [-0.25, -0.2) is 0 Å². The van der Waals surface area contributed by atoms with Gasteiger partial charge in [0, 0.05) is 10.9 Å². The van der Waals surface area contributed by atoms with Gasteiger partial charge in [-0.2, -0.15) is 4.37 Å². The number of ether oxygens (including phenoxy) is 1. The molecule has 2 nitrogen and oxygen atoms in total. The van der Waals surface area contributed by atoms with E-state index in [4.69, 9.17) is 16.3 Å². The number of nitrogens with zero attached hydrogens (tertiary/aromatic N) is 1. The molecule has 0 atom stereocenters. The Bertz CT molecular complexity index is 201. The minimum atomic E-state index is 0.519. The molecular formula is C6H8ClNOS. The zero-order chi connectivity index (χ0) is 7.40. The van der Waals surface area contributed by atoms with Gasteiger partial charge in [0.1, 0.15) is 0 Å². The molecule has 4 heteroatoms. The van der Waals surface area contributed by atoms with Crippen LogP contribution in [0.25, 0.3) is 0 Å². The van der Waals surface area contributed by atoms with E-state index in [1.54, 1.807) is 0 Å². The molecule has 56 valence electrons. The Balaban J connectivity index is 2.59. The maximum Gasteiger partial charge on any atom is 0.225 e. The summed E-state index contributed by atoms with van der Waals surface area (Å²) in [4.78, 5) is 1.05. The molecule has 0 aromatic carbocycles. The zero-order valence-electron chi connectivity index (χ0n) is 5.63. The van der Waals surface area contributed by atoms with Crippen LogP contribution in [-0.2, 0) is 5.88 Å². The first-order valence-corrected chi connectivity index (χ1v) is 4.32. The van der Waals surface area contributed by atoms with Crippen LogP contribution in [0.4, 0.5) is 0 Å². The van der Waals surface area contributed by atoms with Crippen molar-refractivity contribution in [3.05, 3.63) is 10.9 Å². The molecule has 1 heterocycles. The summed E-state index contributed by atoms with van der Waals surface area (Å²) in [5, 5.41) is 0. The third-order valence-electron chi connectivity index (χ3n) is 0.961. The van der Waals surface area contributed by atoms with Crippen LogP contribution in [0, 0.1) is 0 Å². The van der Waals surface area contributed by atoms with Gasteiger partial charge < -0.3 is 4.74 Å². The van der Waals surface area contributed by atoms with Crippen LogP contribution in [0.5, 0.6) is 5.88 Å². The van der Waals surface area contributed by atoms with Gasteiger partial charge in [-0.05, 0) is 18.5 Å². The molecule has 0 radical (unpaired) electrons. The summed E-state index contributed by atoms with van der Waals surface area (Å²) in [7, 11) is 0. The van der Waals surface area contributed by atoms with Crippen molar-refractivity contribution in [1.29, 1.82) is 0 Å². The lowest BCUT2D eigenvalue weighted by Gasteiger charge is -1.92. The molecule has 0 bridgehead atoms. The molecule has 0 N–H and O–H groups in total. The summed E-state index contributed by atoms with van der Waals surface area (Å²) in [6, 6.07) is 1.86. The van der Waals surface area contributed by atoms with Crippen LogP contribution < -0.4 is 4.74 Å². The summed E-state index contributed by atoms with van der Waals surface area (Å²) >= 11 is 6.94. The lowest BCUT2D eigenvalue weighted by molar-refractivity contribution is 0.330. The van der Waals surface area contributed by atoms with E-state index in [1.165, 1.54) is 11.5 Å². The molecule has 1 aromatic heterocycles. The van der Waals surface area contributed by atoms with Crippen molar-refractivity contribution < 1.29 is 4.74 Å². The van der Waals surface area contributed by atoms with Crippen LogP contribution in [0.1, 0.15) is 11.8 Å². The Morgan fingerprint density at radius 3 is 3.10 bits per heavy atom. The molecule has 10 heavy (non-hydrogen) atoms. The predicted molar refractivity (Wildman–Crippen MR) is 42.8 cm³/mol. The highest BCUT2D eigenvalue weighted by Crippen LogP contribution is 2.17. The number of halogens is 1. The Kier molecular flexibility index (Phi) is 2.96. The molecule has 0 saturated heterocycles. The lowest BCUT2D eigenvalue weighted by Crippen LogP contribution is -1.89. The van der Waals surface area contributed by atoms with Gasteiger partial charge in [-0.1, -0.05) is 0 Å². The van der Waals surface area contributed by atoms with Crippen LogP contribution >= 0.6 is 23.1 Å². The molecule has 1 aromatic rings. The van der Waals surface area contributed by atoms with Gasteiger partial charge in [0.15, 0.2) is 0 Å². The van der Waals surface area contributed by atoms with Gasteiger partial charge in [-0.15, -0.1) is 11.6 Å². The van der Waals surface area contributed by atoms with Gasteiger partial charge in [0.2, 0.25) is 5.88 Å². The normalized spacial score (nSPS) is 9.80. The number of hydrogen-bond acceptors (Lipinski definition) is 3. The van der Waals surface area contributed by atoms with Crippen LogP contribution in [-0.4, -0.2) is 11.0 Å². The van der Waals surface area contributed by atoms with Crippen LogP contribution in [0.3, 0.4) is 0 Å². The van der Waals surface area contributed by atoms with Gasteiger partial charge in [0.05, 0.1) is 12.5 Å². The minimum absolute atomic E-state index is 0.519. The van der Waals surface area contributed by atoms with Crippen molar-refractivity contribution in [1.82, 2.24) is 4.37 Å². The van der Waals surface area contributed by atoms with E-state index in [2.05, 4.69) is 4.37 Å². The molecule has 0 amide bonds. The number of hydrogen-bond donors (Lipinski definition) is 0. The predicted octanol–water partition coefficient (Wildman–Crippen LogP) is 2.28. The summed E-state index contributed by atoms with van der Waals surface area (Å²) in [5.74, 6) is 1.20. The fourth-order valence-electron chi connectivity index (χ4n) is 0.573. The van der Waals surface area contributed by atoms with E-state index in [0.717, 1.165) is 4.88 Å². The third kappa shape index (κ3) is 1.85. The van der Waals surface area contributed by atoms with Gasteiger partial charge in [0.25, 0.3) is 0 Å². The van der Waals surface area contributed by atoms with Crippen molar-refractivity contribution in [3.8, 4) is 5.88 Å². The molecule has 0 aliphatic heterocycles. The molecule has 1 rings (SSSR count). The Hall–Kier alpha value is -0.280. The second-order valence-electron chi connectivity index (χ2n) is 1.70. The highest BCUT2D eigenvalue weighted by atomic mass is 35.5. The van der Waals surface area contributed by atoms with Crippen molar-refractivity contribution >= 4 is 23.1 Å². The maximum atomic E-state index is 5.56. The summed E-state index contributed by atoms with van der Waals surface area (Å²) < 4.78 is 9.14. The SMILES string of the molecule is CCOc1cc(CCl)sn1. The Morgan fingerprint density at radius 1 is 1.80 bits per heavy atom. The third-order valence-corrected chi connectivity index (χ3v) is 2.18. The van der Waals surface area contributed by atoms with Crippen molar-refractivity contribution in [3.63, 3.8) is 0 Å². The number of alkyl halides is 1. The van der Waals surface area contributed by atoms with Gasteiger partial charge >= 0.3 is 0 Å². The molecule has 0 spiro atoms. The average Bonchev–Trinajstić information content (AvgIpc) is 2.37. The van der Waals surface area contributed by atoms with Crippen LogP contribution in [0.2, 0.25) is 0 Å².